The summed E-state index contributed by atoms with van der Waals surface area (Å²) < 4.78 is 0. The number of benzene rings is 1. The van der Waals surface area contributed by atoms with Crippen LogP contribution in [0.2, 0.25) is 0 Å². The van der Waals surface area contributed by atoms with Crippen LogP contribution in [0, 0.1) is 0 Å². The molecule has 3 nitrogen and oxygen atoms in total. The second-order valence-electron chi connectivity index (χ2n) is 5.14. The molecule has 0 aromatic heterocycles. The molecule has 1 aromatic carbocycles. The zero-order valence-electron chi connectivity index (χ0n) is 11.6. The van der Waals surface area contributed by atoms with Crippen LogP contribution in [0.3, 0.4) is 0 Å². The van der Waals surface area contributed by atoms with E-state index >= 15 is 0 Å². The van der Waals surface area contributed by atoms with E-state index in [2.05, 4.69) is 13.8 Å². The van der Waals surface area contributed by atoms with Crippen LogP contribution in [0.4, 0.5) is 0 Å². The second kappa shape index (κ2) is 6.44. The summed E-state index contributed by atoms with van der Waals surface area (Å²) in [5.41, 5.74) is 7.21. The van der Waals surface area contributed by atoms with Crippen molar-refractivity contribution in [2.75, 3.05) is 12.3 Å². The summed E-state index contributed by atoms with van der Waals surface area (Å²) in [4.78, 5) is 14.4. The SMILES string of the molecule is CC1SCCN(C(=O)[C@H](N)Cc2ccccc2)C1C. The molecule has 0 radical (unpaired) electrons. The average Bonchev–Trinajstić information content (AvgIpc) is 2.42. The van der Waals surface area contributed by atoms with Gasteiger partial charge in [0, 0.05) is 23.6 Å². The summed E-state index contributed by atoms with van der Waals surface area (Å²) in [7, 11) is 0. The Kier molecular flexibility index (Phi) is 4.88. The predicted octanol–water partition coefficient (Wildman–Crippen LogP) is 1.91. The normalized spacial score (nSPS) is 25.1. The van der Waals surface area contributed by atoms with E-state index < -0.39 is 6.04 Å². The Balaban J connectivity index is 1.99. The molecule has 1 fully saturated rings. The number of amides is 1. The van der Waals surface area contributed by atoms with E-state index in [-0.39, 0.29) is 11.9 Å². The van der Waals surface area contributed by atoms with E-state index in [1.54, 1.807) is 0 Å². The van der Waals surface area contributed by atoms with Crippen LogP contribution in [-0.4, -0.2) is 40.4 Å². The van der Waals surface area contributed by atoms with Gasteiger partial charge in [-0.25, -0.2) is 0 Å². The quantitative estimate of drug-likeness (QED) is 0.918. The minimum Gasteiger partial charge on any atom is -0.337 e. The van der Waals surface area contributed by atoms with Gasteiger partial charge >= 0.3 is 0 Å². The van der Waals surface area contributed by atoms with Crippen molar-refractivity contribution in [2.24, 2.45) is 5.73 Å². The maximum absolute atomic E-state index is 12.5. The van der Waals surface area contributed by atoms with Crippen molar-refractivity contribution in [3.63, 3.8) is 0 Å². The van der Waals surface area contributed by atoms with Crippen molar-refractivity contribution >= 4 is 17.7 Å². The van der Waals surface area contributed by atoms with E-state index in [1.165, 1.54) is 0 Å². The van der Waals surface area contributed by atoms with Gasteiger partial charge < -0.3 is 10.6 Å². The first kappa shape index (κ1) is 14.4. The molecule has 19 heavy (non-hydrogen) atoms. The Bertz CT molecular complexity index is 423. The van der Waals surface area contributed by atoms with E-state index in [9.17, 15) is 4.79 Å². The molecular formula is C15H22N2OS. The second-order valence-corrected chi connectivity index (χ2v) is 6.63. The Morgan fingerprint density at radius 1 is 1.42 bits per heavy atom. The molecule has 4 heteroatoms. The van der Waals surface area contributed by atoms with E-state index in [0.717, 1.165) is 17.9 Å². The molecule has 104 valence electrons. The Labute approximate surface area is 119 Å². The van der Waals surface area contributed by atoms with Crippen molar-refractivity contribution in [1.82, 2.24) is 4.90 Å². The number of carbonyl (C=O) groups excluding carboxylic acids is 1. The molecular weight excluding hydrogens is 256 g/mol. The molecule has 0 aliphatic carbocycles. The summed E-state index contributed by atoms with van der Waals surface area (Å²) in [5, 5.41) is 0.488. The van der Waals surface area contributed by atoms with Gasteiger partial charge in [-0.1, -0.05) is 37.3 Å². The Morgan fingerprint density at radius 2 is 2.11 bits per heavy atom. The smallest absolute Gasteiger partial charge is 0.240 e. The van der Waals surface area contributed by atoms with Crippen LogP contribution in [0.5, 0.6) is 0 Å². The number of nitrogens with zero attached hydrogens (tertiary/aromatic N) is 1. The molecule has 0 spiro atoms. The first-order chi connectivity index (χ1) is 9.09. The van der Waals surface area contributed by atoms with Crippen LogP contribution in [0.15, 0.2) is 30.3 Å². The highest BCUT2D eigenvalue weighted by Gasteiger charge is 2.31. The largest absolute Gasteiger partial charge is 0.337 e. The van der Waals surface area contributed by atoms with Gasteiger partial charge in [0.2, 0.25) is 5.91 Å². The maximum atomic E-state index is 12.5. The number of rotatable bonds is 3. The first-order valence-corrected chi connectivity index (χ1v) is 7.86. The number of thioether (sulfide) groups is 1. The molecule has 2 unspecified atom stereocenters. The average molecular weight is 278 g/mol. The fourth-order valence-electron chi connectivity index (χ4n) is 2.41. The van der Waals surface area contributed by atoms with Crippen molar-refractivity contribution in [1.29, 1.82) is 0 Å². The maximum Gasteiger partial charge on any atom is 0.240 e. The third-order valence-corrected chi connectivity index (χ3v) is 5.12. The minimum atomic E-state index is -0.430. The molecule has 2 rings (SSSR count). The van der Waals surface area contributed by atoms with E-state index in [0.29, 0.717) is 11.7 Å². The van der Waals surface area contributed by atoms with Gasteiger partial charge in [-0.05, 0) is 18.9 Å². The fourth-order valence-corrected chi connectivity index (χ4v) is 3.51. The van der Waals surface area contributed by atoms with Crippen molar-refractivity contribution < 1.29 is 4.79 Å². The lowest BCUT2D eigenvalue weighted by Crippen LogP contribution is -2.54. The summed E-state index contributed by atoms with van der Waals surface area (Å²) in [6, 6.07) is 9.82. The molecule has 1 heterocycles. The van der Waals surface area contributed by atoms with Crippen LogP contribution in [0.1, 0.15) is 19.4 Å². The molecule has 0 saturated carbocycles. The molecule has 1 aromatic rings. The molecule has 2 N–H and O–H groups in total. The number of carbonyl (C=O) groups is 1. The van der Waals surface area contributed by atoms with Crippen LogP contribution < -0.4 is 5.73 Å². The summed E-state index contributed by atoms with van der Waals surface area (Å²) >= 11 is 1.93. The first-order valence-electron chi connectivity index (χ1n) is 6.81. The van der Waals surface area contributed by atoms with E-state index in [1.807, 2.05) is 47.0 Å². The van der Waals surface area contributed by atoms with Crippen molar-refractivity contribution in [3.05, 3.63) is 35.9 Å². The van der Waals surface area contributed by atoms with E-state index in [4.69, 9.17) is 5.73 Å². The molecule has 1 aliphatic rings. The van der Waals surface area contributed by atoms with Crippen LogP contribution in [-0.2, 0) is 11.2 Å². The standard InChI is InChI=1S/C15H22N2OS/c1-11-12(2)19-9-8-17(11)15(18)14(16)10-13-6-4-3-5-7-13/h3-7,11-12,14H,8-10,16H2,1-2H3/t11?,12?,14-/m1/s1. The molecule has 1 amide bonds. The molecule has 0 bridgehead atoms. The molecule has 1 aliphatic heterocycles. The minimum absolute atomic E-state index is 0.0866. The number of hydrogen-bond acceptors (Lipinski definition) is 3. The fraction of sp³-hybridized carbons (Fsp3) is 0.533. The number of nitrogens with two attached hydrogens (primary N) is 1. The third-order valence-electron chi connectivity index (χ3n) is 3.78. The number of hydrogen-bond donors (Lipinski definition) is 1. The molecule has 3 atom stereocenters. The van der Waals surface area contributed by atoms with Gasteiger partial charge in [0.05, 0.1) is 6.04 Å². The lowest BCUT2D eigenvalue weighted by Gasteiger charge is -2.38. The van der Waals surface area contributed by atoms with Gasteiger partial charge in [0.25, 0.3) is 0 Å². The van der Waals surface area contributed by atoms with Gasteiger partial charge in [0.15, 0.2) is 0 Å². The van der Waals surface area contributed by atoms with Gasteiger partial charge in [-0.2, -0.15) is 11.8 Å². The Hall–Kier alpha value is -1.00. The van der Waals surface area contributed by atoms with Gasteiger partial charge in [-0.15, -0.1) is 0 Å². The van der Waals surface area contributed by atoms with Crippen LogP contribution >= 0.6 is 11.8 Å². The lowest BCUT2D eigenvalue weighted by atomic mass is 10.0. The van der Waals surface area contributed by atoms with Gasteiger partial charge in [0.1, 0.15) is 0 Å². The lowest BCUT2D eigenvalue weighted by molar-refractivity contribution is -0.134. The zero-order valence-corrected chi connectivity index (χ0v) is 12.4. The summed E-state index contributed by atoms with van der Waals surface area (Å²) in [6.45, 7) is 5.11. The highest BCUT2D eigenvalue weighted by molar-refractivity contribution is 8.00. The molecule has 1 saturated heterocycles. The van der Waals surface area contributed by atoms with Crippen molar-refractivity contribution in [3.8, 4) is 0 Å². The summed E-state index contributed by atoms with van der Waals surface area (Å²) in [5.74, 6) is 1.10. The monoisotopic (exact) mass is 278 g/mol. The zero-order chi connectivity index (χ0) is 13.8. The predicted molar refractivity (Wildman–Crippen MR) is 81.2 cm³/mol. The van der Waals surface area contributed by atoms with Gasteiger partial charge in [-0.3, -0.25) is 4.79 Å². The summed E-state index contributed by atoms with van der Waals surface area (Å²) in [6.07, 6.45) is 0.615. The highest BCUT2D eigenvalue weighted by atomic mass is 32.2. The Morgan fingerprint density at radius 3 is 2.79 bits per heavy atom. The highest BCUT2D eigenvalue weighted by Crippen LogP contribution is 2.24. The third kappa shape index (κ3) is 3.51. The topological polar surface area (TPSA) is 46.3 Å². The van der Waals surface area contributed by atoms with Crippen molar-refractivity contribution in [2.45, 2.75) is 37.6 Å². The van der Waals surface area contributed by atoms with Crippen LogP contribution in [0.25, 0.3) is 0 Å².